The molecular weight excluding hydrogens is 420 g/mol. The second-order valence-corrected chi connectivity index (χ2v) is 8.07. The molecule has 3 heterocycles. The second kappa shape index (κ2) is 8.88. The predicted octanol–water partition coefficient (Wildman–Crippen LogP) is 0.695. The van der Waals surface area contributed by atoms with Gasteiger partial charge >= 0.3 is 5.69 Å². The topological polar surface area (TPSA) is 117 Å². The highest BCUT2D eigenvalue weighted by atomic mass is 16.2. The minimum atomic E-state index is -0.445. The normalized spacial score (nSPS) is 12.0. The van der Waals surface area contributed by atoms with Crippen LogP contribution < -0.4 is 21.9 Å². The van der Waals surface area contributed by atoms with Gasteiger partial charge in [-0.25, -0.2) is 4.79 Å². The largest absolute Gasteiger partial charge is 0.344 e. The summed E-state index contributed by atoms with van der Waals surface area (Å²) < 4.78 is 4.36. The standard InChI is InChI=1S/C23H26N8O2/c1-5-6-11-30-19-20(27-22(30)28(3)13-15(2)24)29(4)23(33)31(21(19)32)14-16-7-8-17-18(12-16)26-10-9-25-17/h7-10,12,15H,11,13-14,24H2,1-4H3. The van der Waals surface area contributed by atoms with Crippen LogP contribution >= 0.6 is 0 Å². The molecule has 0 aliphatic carbocycles. The maximum Gasteiger partial charge on any atom is 0.332 e. The Labute approximate surface area is 190 Å². The number of aryl methyl sites for hydroxylation is 1. The summed E-state index contributed by atoms with van der Waals surface area (Å²) >= 11 is 0. The second-order valence-electron chi connectivity index (χ2n) is 8.07. The van der Waals surface area contributed by atoms with E-state index in [9.17, 15) is 9.59 Å². The number of nitrogens with two attached hydrogens (primary N) is 1. The van der Waals surface area contributed by atoms with Crippen LogP contribution in [0.4, 0.5) is 5.95 Å². The fourth-order valence-corrected chi connectivity index (χ4v) is 3.90. The summed E-state index contributed by atoms with van der Waals surface area (Å²) in [4.78, 5) is 41.8. The molecule has 0 fully saturated rings. The average molecular weight is 447 g/mol. The van der Waals surface area contributed by atoms with Crippen LogP contribution in [0.25, 0.3) is 22.2 Å². The van der Waals surface area contributed by atoms with E-state index in [0.717, 1.165) is 11.1 Å². The lowest BCUT2D eigenvalue weighted by molar-refractivity contribution is 0.654. The Balaban J connectivity index is 1.91. The highest BCUT2D eigenvalue weighted by molar-refractivity contribution is 5.75. The van der Waals surface area contributed by atoms with Crippen LogP contribution in [-0.2, 0) is 20.1 Å². The summed E-state index contributed by atoms with van der Waals surface area (Å²) in [6.45, 7) is 4.53. The molecule has 0 amide bonds. The molecule has 0 aliphatic heterocycles. The first-order valence-corrected chi connectivity index (χ1v) is 10.6. The number of benzene rings is 1. The van der Waals surface area contributed by atoms with Crippen molar-refractivity contribution in [3.63, 3.8) is 0 Å². The number of aromatic nitrogens is 6. The number of nitrogens with zero attached hydrogens (tertiary/aromatic N) is 7. The zero-order chi connectivity index (χ0) is 23.7. The van der Waals surface area contributed by atoms with E-state index in [1.807, 2.05) is 37.1 Å². The van der Waals surface area contributed by atoms with Crippen LogP contribution in [0.3, 0.4) is 0 Å². The molecule has 4 rings (SSSR count). The Morgan fingerprint density at radius 1 is 1.15 bits per heavy atom. The Morgan fingerprint density at radius 2 is 1.88 bits per heavy atom. The van der Waals surface area contributed by atoms with Crippen LogP contribution in [0, 0.1) is 11.8 Å². The van der Waals surface area contributed by atoms with E-state index in [1.54, 1.807) is 30.9 Å². The molecule has 1 unspecified atom stereocenters. The van der Waals surface area contributed by atoms with Gasteiger partial charge in [-0.05, 0) is 31.5 Å². The third-order valence-corrected chi connectivity index (χ3v) is 5.40. The molecule has 33 heavy (non-hydrogen) atoms. The van der Waals surface area contributed by atoms with Crippen molar-refractivity contribution in [3.05, 3.63) is 57.0 Å². The van der Waals surface area contributed by atoms with Crippen molar-refractivity contribution < 1.29 is 0 Å². The van der Waals surface area contributed by atoms with Crippen molar-refractivity contribution in [2.24, 2.45) is 12.8 Å². The predicted molar refractivity (Wildman–Crippen MR) is 128 cm³/mol. The molecule has 0 bridgehead atoms. The summed E-state index contributed by atoms with van der Waals surface area (Å²) in [7, 11) is 3.47. The minimum absolute atomic E-state index is 0.1000. The lowest BCUT2D eigenvalue weighted by Gasteiger charge is -2.20. The van der Waals surface area contributed by atoms with Gasteiger partial charge in [-0.3, -0.25) is 28.5 Å². The number of fused-ring (bicyclic) bond motifs is 2. The fraction of sp³-hybridized carbons (Fsp3) is 0.348. The highest BCUT2D eigenvalue weighted by Crippen LogP contribution is 2.19. The summed E-state index contributed by atoms with van der Waals surface area (Å²) in [6, 6.07) is 5.40. The monoisotopic (exact) mass is 446 g/mol. The number of rotatable bonds is 6. The van der Waals surface area contributed by atoms with Gasteiger partial charge in [-0.15, -0.1) is 5.92 Å². The molecule has 3 aromatic heterocycles. The van der Waals surface area contributed by atoms with Gasteiger partial charge in [0, 0.05) is 39.1 Å². The van der Waals surface area contributed by atoms with Crippen LogP contribution in [0.2, 0.25) is 0 Å². The van der Waals surface area contributed by atoms with Crippen LogP contribution in [0.15, 0.2) is 40.2 Å². The van der Waals surface area contributed by atoms with Crippen molar-refractivity contribution in [2.45, 2.75) is 33.0 Å². The lowest BCUT2D eigenvalue weighted by Crippen LogP contribution is -2.40. The van der Waals surface area contributed by atoms with Gasteiger partial charge in [0.15, 0.2) is 11.2 Å². The van der Waals surface area contributed by atoms with Gasteiger partial charge in [-0.2, -0.15) is 4.98 Å². The van der Waals surface area contributed by atoms with E-state index in [0.29, 0.717) is 29.2 Å². The maximum atomic E-state index is 13.6. The number of imidazole rings is 1. The lowest BCUT2D eigenvalue weighted by atomic mass is 10.2. The fourth-order valence-electron chi connectivity index (χ4n) is 3.90. The van der Waals surface area contributed by atoms with Crippen LogP contribution in [0.1, 0.15) is 19.4 Å². The Hall–Kier alpha value is -3.97. The van der Waals surface area contributed by atoms with Crippen molar-refractivity contribution in [2.75, 3.05) is 18.5 Å². The van der Waals surface area contributed by atoms with E-state index in [1.165, 1.54) is 9.13 Å². The zero-order valence-electron chi connectivity index (χ0n) is 19.1. The third kappa shape index (κ3) is 4.10. The molecule has 0 aliphatic rings. The minimum Gasteiger partial charge on any atom is -0.344 e. The Kier molecular flexibility index (Phi) is 5.98. The van der Waals surface area contributed by atoms with E-state index in [4.69, 9.17) is 5.73 Å². The number of likely N-dealkylation sites (N-methyl/N-ethyl adjacent to an activating group) is 1. The summed E-state index contributed by atoms with van der Waals surface area (Å²) in [6.07, 6.45) is 3.23. The zero-order valence-corrected chi connectivity index (χ0v) is 19.1. The number of hydrogen-bond acceptors (Lipinski definition) is 7. The third-order valence-electron chi connectivity index (χ3n) is 5.40. The summed E-state index contributed by atoms with van der Waals surface area (Å²) in [5, 5.41) is 0. The van der Waals surface area contributed by atoms with Gasteiger partial charge in [0.1, 0.15) is 0 Å². The van der Waals surface area contributed by atoms with E-state index in [-0.39, 0.29) is 19.1 Å². The maximum absolute atomic E-state index is 13.6. The molecule has 0 saturated heterocycles. The first-order chi connectivity index (χ1) is 15.8. The van der Waals surface area contributed by atoms with Gasteiger partial charge in [0.05, 0.1) is 24.1 Å². The first kappa shape index (κ1) is 22.2. The molecule has 2 N–H and O–H groups in total. The van der Waals surface area contributed by atoms with Crippen LogP contribution in [0.5, 0.6) is 0 Å². The van der Waals surface area contributed by atoms with Gasteiger partial charge in [-0.1, -0.05) is 12.0 Å². The molecule has 0 radical (unpaired) electrons. The average Bonchev–Trinajstić information content (AvgIpc) is 3.18. The molecule has 10 heteroatoms. The SMILES string of the molecule is CC#CCn1c(N(C)CC(C)N)nc2c1c(=O)n(Cc1ccc3nccnc3c1)c(=O)n2C. The molecule has 0 saturated carbocycles. The number of hydrogen-bond donors (Lipinski definition) is 1. The van der Waals surface area contributed by atoms with E-state index >= 15 is 0 Å². The Bertz CT molecular complexity index is 1520. The molecule has 170 valence electrons. The molecule has 1 aromatic carbocycles. The quantitative estimate of drug-likeness (QED) is 0.433. The first-order valence-electron chi connectivity index (χ1n) is 10.6. The van der Waals surface area contributed by atoms with Crippen molar-refractivity contribution in [1.82, 2.24) is 28.7 Å². The smallest absolute Gasteiger partial charge is 0.332 e. The van der Waals surface area contributed by atoms with E-state index < -0.39 is 11.2 Å². The van der Waals surface area contributed by atoms with Crippen molar-refractivity contribution >= 4 is 28.1 Å². The molecule has 4 aromatic rings. The van der Waals surface area contributed by atoms with Gasteiger partial charge in [0.25, 0.3) is 5.56 Å². The molecule has 10 nitrogen and oxygen atoms in total. The van der Waals surface area contributed by atoms with Gasteiger partial charge < -0.3 is 10.6 Å². The molecular formula is C23H26N8O2. The summed E-state index contributed by atoms with van der Waals surface area (Å²) in [5.41, 5.74) is 7.97. The summed E-state index contributed by atoms with van der Waals surface area (Å²) in [5.74, 6) is 6.41. The number of anilines is 1. The van der Waals surface area contributed by atoms with Gasteiger partial charge in [0.2, 0.25) is 5.95 Å². The molecule has 1 atom stereocenters. The molecule has 0 spiro atoms. The Morgan fingerprint density at radius 3 is 2.58 bits per heavy atom. The van der Waals surface area contributed by atoms with Crippen LogP contribution in [-0.4, -0.2) is 48.3 Å². The highest BCUT2D eigenvalue weighted by Gasteiger charge is 2.22. The van der Waals surface area contributed by atoms with Crippen molar-refractivity contribution in [1.29, 1.82) is 0 Å². The van der Waals surface area contributed by atoms with E-state index in [2.05, 4.69) is 26.8 Å². The van der Waals surface area contributed by atoms with Crippen molar-refractivity contribution in [3.8, 4) is 11.8 Å².